The molecule has 0 spiro atoms. The second-order valence-electron chi connectivity index (χ2n) is 7.29. The van der Waals surface area contributed by atoms with E-state index in [0.29, 0.717) is 17.8 Å². The Hall–Kier alpha value is -1.48. The van der Waals surface area contributed by atoms with Crippen molar-refractivity contribution < 1.29 is 13.2 Å². The Morgan fingerprint density at radius 2 is 2.08 bits per heavy atom. The Morgan fingerprint density at radius 3 is 2.64 bits per heavy atom. The fourth-order valence-corrected chi connectivity index (χ4v) is 4.13. The third kappa shape index (κ3) is 4.58. The maximum Gasteiger partial charge on any atom is 0.242 e. The number of sulfonamides is 1. The van der Waals surface area contributed by atoms with Crippen molar-refractivity contribution in [3.63, 3.8) is 0 Å². The quantitative estimate of drug-likeness (QED) is 0.776. The number of likely N-dealkylation sites (tertiary alicyclic amines) is 1. The van der Waals surface area contributed by atoms with Crippen LogP contribution in [0.5, 0.6) is 0 Å². The van der Waals surface area contributed by atoms with Crippen LogP contribution in [0.2, 0.25) is 0 Å². The minimum absolute atomic E-state index is 0.0666. The van der Waals surface area contributed by atoms with E-state index in [1.165, 1.54) is 24.5 Å². The van der Waals surface area contributed by atoms with Gasteiger partial charge in [-0.2, -0.15) is 0 Å². The summed E-state index contributed by atoms with van der Waals surface area (Å²) in [5, 5.41) is 2.80. The summed E-state index contributed by atoms with van der Waals surface area (Å²) >= 11 is 0. The molecule has 7 nitrogen and oxygen atoms in total. The summed E-state index contributed by atoms with van der Waals surface area (Å²) in [5.74, 6) is -0.154. The molecule has 1 aliphatic heterocycles. The molecular formula is C17H28N4O3S. The molecule has 1 fully saturated rings. The number of nitrogens with two attached hydrogens (primary N) is 1. The summed E-state index contributed by atoms with van der Waals surface area (Å²) in [7, 11) is -0.573. The van der Waals surface area contributed by atoms with Gasteiger partial charge in [0.2, 0.25) is 15.9 Å². The first-order valence-corrected chi connectivity index (χ1v) is 9.77. The van der Waals surface area contributed by atoms with Crippen molar-refractivity contribution in [3.05, 3.63) is 23.8 Å². The van der Waals surface area contributed by atoms with Gasteiger partial charge in [-0.25, -0.2) is 12.7 Å². The third-order valence-corrected chi connectivity index (χ3v) is 6.68. The van der Waals surface area contributed by atoms with Gasteiger partial charge in [0.05, 0.1) is 11.4 Å². The van der Waals surface area contributed by atoms with E-state index in [-0.39, 0.29) is 22.8 Å². The van der Waals surface area contributed by atoms with Crippen LogP contribution in [0.3, 0.4) is 0 Å². The van der Waals surface area contributed by atoms with Crippen LogP contribution in [-0.2, 0) is 14.8 Å². The predicted octanol–water partition coefficient (Wildman–Crippen LogP) is 0.855. The summed E-state index contributed by atoms with van der Waals surface area (Å²) in [5.41, 5.74) is 6.99. The highest BCUT2D eigenvalue weighted by Gasteiger charge is 2.33. The van der Waals surface area contributed by atoms with Crippen molar-refractivity contribution in [2.45, 2.75) is 25.2 Å². The van der Waals surface area contributed by atoms with E-state index in [1.54, 1.807) is 19.1 Å². The maximum absolute atomic E-state index is 12.4. The summed E-state index contributed by atoms with van der Waals surface area (Å²) in [6.45, 7) is 6.39. The molecule has 0 saturated carbocycles. The van der Waals surface area contributed by atoms with E-state index in [9.17, 15) is 13.2 Å². The van der Waals surface area contributed by atoms with E-state index in [4.69, 9.17) is 5.73 Å². The van der Waals surface area contributed by atoms with E-state index >= 15 is 0 Å². The normalized spacial score (nSPS) is 21.7. The molecule has 1 aliphatic rings. The molecule has 140 valence electrons. The van der Waals surface area contributed by atoms with Crippen molar-refractivity contribution in [3.8, 4) is 0 Å². The molecule has 0 radical (unpaired) electrons. The largest absolute Gasteiger partial charge is 0.330 e. The lowest BCUT2D eigenvalue weighted by Gasteiger charge is -2.22. The van der Waals surface area contributed by atoms with Gasteiger partial charge < -0.3 is 11.1 Å². The van der Waals surface area contributed by atoms with Crippen LogP contribution in [0.1, 0.15) is 18.9 Å². The number of carbonyl (C=O) groups excluding carboxylic acids is 1. The van der Waals surface area contributed by atoms with Gasteiger partial charge in [0.15, 0.2) is 0 Å². The first-order chi connectivity index (χ1) is 11.6. The molecule has 1 unspecified atom stereocenters. The summed E-state index contributed by atoms with van der Waals surface area (Å²) in [6, 6.07) is 4.93. The summed E-state index contributed by atoms with van der Waals surface area (Å²) in [6.07, 6.45) is 0.979. The highest BCUT2D eigenvalue weighted by Crippen LogP contribution is 2.28. The van der Waals surface area contributed by atoms with Crippen molar-refractivity contribution in [2.75, 3.05) is 45.6 Å². The Morgan fingerprint density at radius 1 is 1.40 bits per heavy atom. The molecular weight excluding hydrogens is 340 g/mol. The Labute approximate surface area is 150 Å². The standard InChI is InChI=1S/C17H28N4O3S/c1-13-5-6-14(9-15(13)25(23,24)20(3)4)19-16(22)10-21-8-7-17(2,11-18)12-21/h5-6,9H,7-8,10-12,18H2,1-4H3,(H,19,22). The average molecular weight is 369 g/mol. The van der Waals surface area contributed by atoms with E-state index in [2.05, 4.69) is 17.1 Å². The van der Waals surface area contributed by atoms with Crippen LogP contribution < -0.4 is 11.1 Å². The van der Waals surface area contributed by atoms with E-state index in [0.717, 1.165) is 19.5 Å². The highest BCUT2D eigenvalue weighted by molar-refractivity contribution is 7.89. The van der Waals surface area contributed by atoms with Crippen molar-refractivity contribution in [1.82, 2.24) is 9.21 Å². The zero-order chi connectivity index (χ0) is 18.8. The zero-order valence-electron chi connectivity index (χ0n) is 15.4. The highest BCUT2D eigenvalue weighted by atomic mass is 32.2. The first-order valence-electron chi connectivity index (χ1n) is 8.33. The van der Waals surface area contributed by atoms with Crippen molar-refractivity contribution >= 4 is 21.6 Å². The van der Waals surface area contributed by atoms with Gasteiger partial charge >= 0.3 is 0 Å². The average Bonchev–Trinajstić information content (AvgIpc) is 2.90. The molecule has 1 saturated heterocycles. The van der Waals surface area contributed by atoms with Crippen LogP contribution in [0, 0.1) is 12.3 Å². The molecule has 1 atom stereocenters. The molecule has 0 aliphatic carbocycles. The van der Waals surface area contributed by atoms with Gasteiger partial charge in [-0.15, -0.1) is 0 Å². The lowest BCUT2D eigenvalue weighted by atomic mass is 9.90. The van der Waals surface area contributed by atoms with Crippen molar-refractivity contribution in [1.29, 1.82) is 0 Å². The molecule has 25 heavy (non-hydrogen) atoms. The fourth-order valence-electron chi connectivity index (χ4n) is 2.98. The second kappa shape index (κ2) is 7.41. The van der Waals surface area contributed by atoms with Gasteiger partial charge in [-0.05, 0) is 49.5 Å². The van der Waals surface area contributed by atoms with Crippen LogP contribution in [0.15, 0.2) is 23.1 Å². The smallest absolute Gasteiger partial charge is 0.242 e. The second-order valence-corrected chi connectivity index (χ2v) is 9.41. The molecule has 8 heteroatoms. The molecule has 2 rings (SSSR count). The lowest BCUT2D eigenvalue weighted by molar-refractivity contribution is -0.117. The number of nitrogens with zero attached hydrogens (tertiary/aromatic N) is 2. The predicted molar refractivity (Wildman–Crippen MR) is 98.9 cm³/mol. The molecule has 1 heterocycles. The number of hydrogen-bond acceptors (Lipinski definition) is 5. The minimum atomic E-state index is -3.55. The fraction of sp³-hybridized carbons (Fsp3) is 0.588. The van der Waals surface area contributed by atoms with Crippen molar-refractivity contribution in [2.24, 2.45) is 11.1 Å². The molecule has 3 N–H and O–H groups in total. The van der Waals surface area contributed by atoms with Gasteiger partial charge in [0.25, 0.3) is 0 Å². The number of nitrogens with one attached hydrogen (secondary N) is 1. The van der Waals surface area contributed by atoms with Crippen LogP contribution >= 0.6 is 0 Å². The molecule has 1 aromatic rings. The number of anilines is 1. The summed E-state index contributed by atoms with van der Waals surface area (Å²) in [4.78, 5) is 14.6. The molecule has 1 aromatic carbocycles. The number of amides is 1. The number of aryl methyl sites for hydroxylation is 1. The Bertz CT molecular complexity index is 748. The molecule has 1 amide bonds. The lowest BCUT2D eigenvalue weighted by Crippen LogP contribution is -2.35. The SMILES string of the molecule is Cc1ccc(NC(=O)CN2CCC(C)(CN)C2)cc1S(=O)(=O)N(C)C. The number of carbonyl (C=O) groups is 1. The summed E-state index contributed by atoms with van der Waals surface area (Å²) < 4.78 is 25.9. The minimum Gasteiger partial charge on any atom is -0.330 e. The van der Waals surface area contributed by atoms with Gasteiger partial charge in [0.1, 0.15) is 0 Å². The third-order valence-electron chi connectivity index (χ3n) is 4.73. The number of hydrogen-bond donors (Lipinski definition) is 2. The monoisotopic (exact) mass is 368 g/mol. The maximum atomic E-state index is 12.4. The van der Waals surface area contributed by atoms with Crippen LogP contribution in [0.25, 0.3) is 0 Å². The van der Waals surface area contributed by atoms with Gasteiger partial charge in [-0.3, -0.25) is 9.69 Å². The van der Waals surface area contributed by atoms with Crippen LogP contribution in [-0.4, -0.2) is 63.8 Å². The first kappa shape index (κ1) is 19.8. The Kier molecular flexibility index (Phi) is 5.88. The van der Waals surface area contributed by atoms with Gasteiger partial charge in [-0.1, -0.05) is 13.0 Å². The molecule has 0 bridgehead atoms. The number of benzene rings is 1. The molecule has 0 aromatic heterocycles. The van der Waals surface area contributed by atoms with E-state index < -0.39 is 10.0 Å². The van der Waals surface area contributed by atoms with Gasteiger partial charge in [0, 0.05) is 26.3 Å². The Balaban J connectivity index is 2.07. The van der Waals surface area contributed by atoms with Crippen LogP contribution in [0.4, 0.5) is 5.69 Å². The number of rotatable bonds is 6. The van der Waals surface area contributed by atoms with E-state index in [1.807, 2.05) is 0 Å². The zero-order valence-corrected chi connectivity index (χ0v) is 16.2. The topological polar surface area (TPSA) is 95.7 Å².